The van der Waals surface area contributed by atoms with Gasteiger partial charge in [-0.3, -0.25) is 4.52 Å². The Morgan fingerprint density at radius 2 is 1.97 bits per heavy atom. The highest BCUT2D eigenvalue weighted by Crippen LogP contribution is 2.34. The van der Waals surface area contributed by atoms with Gasteiger partial charge in [0.15, 0.2) is 5.76 Å². The van der Waals surface area contributed by atoms with Gasteiger partial charge in [0.25, 0.3) is 0 Å². The van der Waals surface area contributed by atoms with Gasteiger partial charge < -0.3 is 30.1 Å². The van der Waals surface area contributed by atoms with E-state index in [9.17, 15) is 4.57 Å². The quantitative estimate of drug-likeness (QED) is 0.0932. The summed E-state index contributed by atoms with van der Waals surface area (Å²) in [5, 5.41) is 9.05. The monoisotopic (exact) mass is 522 g/mol. The molecule has 37 heavy (non-hydrogen) atoms. The van der Waals surface area contributed by atoms with Crippen molar-refractivity contribution in [3.8, 4) is 5.88 Å². The minimum atomic E-state index is -4.51. The van der Waals surface area contributed by atoms with Crippen LogP contribution in [-0.4, -0.2) is 33.2 Å². The minimum Gasteiger partial charge on any atom is -0.473 e. The summed E-state index contributed by atoms with van der Waals surface area (Å²) in [6.45, 7) is 0.303. The van der Waals surface area contributed by atoms with Crippen LogP contribution in [0.15, 0.2) is 89.7 Å². The van der Waals surface area contributed by atoms with Gasteiger partial charge in [-0.05, 0) is 34.2 Å². The molecule has 0 saturated heterocycles. The van der Waals surface area contributed by atoms with Crippen molar-refractivity contribution in [1.29, 1.82) is 0 Å². The Balaban J connectivity index is 1.31. The number of hydrogen-bond donors (Lipinski definition) is 4. The number of fused-ring (bicyclic) bond motifs is 1. The first-order chi connectivity index (χ1) is 17.9. The third-order valence-corrected chi connectivity index (χ3v) is 5.83. The largest absolute Gasteiger partial charge is 0.473 e. The number of rotatable bonds is 12. The lowest BCUT2D eigenvalue weighted by molar-refractivity contribution is 0.191. The van der Waals surface area contributed by atoms with Gasteiger partial charge in [0.2, 0.25) is 5.88 Å². The number of ether oxygens (including phenoxy) is 1. The van der Waals surface area contributed by atoms with E-state index in [0.717, 1.165) is 22.2 Å². The summed E-state index contributed by atoms with van der Waals surface area (Å²) in [6, 6.07) is 19.9. The molecule has 4 rings (SSSR count). The maximum Gasteiger partial charge on any atom is 0.471 e. The van der Waals surface area contributed by atoms with E-state index in [1.54, 1.807) is 18.3 Å². The van der Waals surface area contributed by atoms with Gasteiger partial charge in [-0.15, -0.1) is 0 Å². The van der Waals surface area contributed by atoms with E-state index in [0.29, 0.717) is 30.2 Å². The van der Waals surface area contributed by atoms with Crippen molar-refractivity contribution in [2.45, 2.75) is 13.0 Å². The SMILES string of the molecule is NC/C(=C\C=C/NCOP(=O)(O)O)c1cc(Cc2ccc(OCc3cccc4ccccc34)nc2)no1. The summed E-state index contributed by atoms with van der Waals surface area (Å²) in [7, 11) is -4.51. The Morgan fingerprint density at radius 3 is 2.76 bits per heavy atom. The maximum absolute atomic E-state index is 10.6. The Labute approximate surface area is 213 Å². The smallest absolute Gasteiger partial charge is 0.471 e. The molecule has 10 nitrogen and oxygen atoms in total. The number of benzene rings is 2. The Bertz CT molecular complexity index is 1420. The predicted molar refractivity (Wildman–Crippen MR) is 139 cm³/mol. The van der Waals surface area contributed by atoms with E-state index in [1.807, 2.05) is 36.4 Å². The first-order valence-corrected chi connectivity index (χ1v) is 12.9. The summed E-state index contributed by atoms with van der Waals surface area (Å²) in [6.07, 6.45) is 7.07. The molecule has 0 radical (unpaired) electrons. The van der Waals surface area contributed by atoms with Crippen molar-refractivity contribution in [3.63, 3.8) is 0 Å². The van der Waals surface area contributed by atoms with Crippen LogP contribution >= 0.6 is 7.82 Å². The molecule has 0 unspecified atom stereocenters. The topological polar surface area (TPSA) is 153 Å². The number of nitrogens with one attached hydrogen (secondary N) is 1. The summed E-state index contributed by atoms with van der Waals surface area (Å²) in [5.41, 5.74) is 9.29. The Hall–Kier alpha value is -3.79. The van der Waals surface area contributed by atoms with Crippen LogP contribution < -0.4 is 15.8 Å². The average Bonchev–Trinajstić information content (AvgIpc) is 3.35. The molecule has 0 atom stereocenters. The molecule has 5 N–H and O–H groups in total. The highest BCUT2D eigenvalue weighted by Gasteiger charge is 2.12. The van der Waals surface area contributed by atoms with Gasteiger partial charge in [0, 0.05) is 36.9 Å². The number of hydrogen-bond acceptors (Lipinski definition) is 8. The van der Waals surface area contributed by atoms with E-state index < -0.39 is 7.82 Å². The molecule has 0 spiro atoms. The van der Waals surface area contributed by atoms with E-state index in [1.165, 1.54) is 11.6 Å². The Kier molecular flexibility index (Phi) is 8.84. The molecular formula is C26H27N4O6P. The lowest BCUT2D eigenvalue weighted by atomic mass is 10.1. The molecule has 2 heterocycles. The minimum absolute atomic E-state index is 0.211. The lowest BCUT2D eigenvalue weighted by Crippen LogP contribution is -2.09. The average molecular weight is 522 g/mol. The molecule has 4 aromatic rings. The van der Waals surface area contributed by atoms with Gasteiger partial charge in [-0.25, -0.2) is 9.55 Å². The zero-order valence-electron chi connectivity index (χ0n) is 19.9. The standard InChI is InChI=1S/C26H27N4O6P/c27-15-21(8-4-12-28-18-35-37(31,32)33)25-14-23(30-36-25)13-19-10-11-26(29-16-19)34-17-22-7-3-6-20-5-1-2-9-24(20)22/h1-12,14,16,28H,13,15,17-18,27H2,(H2,31,32,33)/b12-4-,21-8+. The highest BCUT2D eigenvalue weighted by molar-refractivity contribution is 7.46. The molecule has 2 aromatic heterocycles. The normalized spacial score (nSPS) is 12.4. The third-order valence-electron chi connectivity index (χ3n) is 5.36. The summed E-state index contributed by atoms with van der Waals surface area (Å²) >= 11 is 0. The number of phosphoric acid groups is 1. The van der Waals surface area contributed by atoms with Gasteiger partial charge >= 0.3 is 7.82 Å². The highest BCUT2D eigenvalue weighted by atomic mass is 31.2. The van der Waals surface area contributed by atoms with Crippen molar-refractivity contribution in [2.75, 3.05) is 13.3 Å². The first-order valence-electron chi connectivity index (χ1n) is 11.4. The van der Waals surface area contributed by atoms with E-state index in [-0.39, 0.29) is 13.3 Å². The molecule has 0 saturated carbocycles. The molecule has 2 aromatic carbocycles. The van der Waals surface area contributed by atoms with Crippen molar-refractivity contribution in [3.05, 3.63) is 108 Å². The summed E-state index contributed by atoms with van der Waals surface area (Å²) < 4.78 is 26.3. The fraction of sp³-hybridized carbons (Fsp3) is 0.154. The van der Waals surface area contributed by atoms with Gasteiger partial charge in [-0.2, -0.15) is 0 Å². The molecule has 0 aliphatic carbocycles. The van der Waals surface area contributed by atoms with E-state index in [2.05, 4.69) is 44.2 Å². The van der Waals surface area contributed by atoms with Crippen molar-refractivity contribution >= 4 is 24.2 Å². The fourth-order valence-corrected chi connectivity index (χ4v) is 3.82. The zero-order chi connectivity index (χ0) is 26.1. The van der Waals surface area contributed by atoms with Crippen LogP contribution in [0.3, 0.4) is 0 Å². The van der Waals surface area contributed by atoms with E-state index >= 15 is 0 Å². The summed E-state index contributed by atoms with van der Waals surface area (Å²) in [5.74, 6) is 1.06. The second-order valence-corrected chi connectivity index (χ2v) is 9.25. The van der Waals surface area contributed by atoms with Crippen LogP contribution in [0.2, 0.25) is 0 Å². The Morgan fingerprint density at radius 1 is 1.14 bits per heavy atom. The zero-order valence-corrected chi connectivity index (χ0v) is 20.8. The first kappa shape index (κ1) is 26.3. The number of phosphoric ester groups is 1. The van der Waals surface area contributed by atoms with Gasteiger partial charge in [-0.1, -0.05) is 59.8 Å². The van der Waals surface area contributed by atoms with Crippen LogP contribution in [0.5, 0.6) is 5.88 Å². The van der Waals surface area contributed by atoms with E-state index in [4.69, 9.17) is 24.8 Å². The van der Waals surface area contributed by atoms with Gasteiger partial charge in [0.05, 0.1) is 5.69 Å². The lowest BCUT2D eigenvalue weighted by Gasteiger charge is -2.09. The molecule has 0 fully saturated rings. The molecule has 11 heteroatoms. The van der Waals surface area contributed by atoms with Crippen LogP contribution in [0.4, 0.5) is 0 Å². The van der Waals surface area contributed by atoms with Crippen LogP contribution in [0, 0.1) is 0 Å². The number of aromatic nitrogens is 2. The molecular weight excluding hydrogens is 495 g/mol. The second-order valence-electron chi connectivity index (χ2n) is 8.01. The molecule has 192 valence electrons. The molecule has 0 amide bonds. The third kappa shape index (κ3) is 7.85. The maximum atomic E-state index is 10.6. The van der Waals surface area contributed by atoms with Crippen molar-refractivity contribution in [2.24, 2.45) is 5.73 Å². The van der Waals surface area contributed by atoms with Crippen LogP contribution in [0.25, 0.3) is 16.3 Å². The van der Waals surface area contributed by atoms with Gasteiger partial charge in [0.1, 0.15) is 13.3 Å². The second kappa shape index (κ2) is 12.4. The fourth-order valence-electron chi connectivity index (χ4n) is 3.58. The number of allylic oxidation sites excluding steroid dienone is 2. The molecule has 0 bridgehead atoms. The number of nitrogens with zero attached hydrogens (tertiary/aromatic N) is 2. The molecule has 0 aliphatic rings. The number of pyridine rings is 1. The molecule has 0 aliphatic heterocycles. The van der Waals surface area contributed by atoms with Crippen molar-refractivity contribution < 1.29 is 28.1 Å². The predicted octanol–water partition coefficient (Wildman–Crippen LogP) is 3.90. The van der Waals surface area contributed by atoms with Crippen LogP contribution in [0.1, 0.15) is 22.6 Å². The number of nitrogens with two attached hydrogens (primary N) is 1. The van der Waals surface area contributed by atoms with Crippen LogP contribution in [-0.2, 0) is 22.1 Å². The van der Waals surface area contributed by atoms with Crippen molar-refractivity contribution in [1.82, 2.24) is 15.5 Å². The summed E-state index contributed by atoms with van der Waals surface area (Å²) in [4.78, 5) is 21.7.